The van der Waals surface area contributed by atoms with Crippen molar-refractivity contribution < 1.29 is 23.8 Å². The number of benzene rings is 2. The van der Waals surface area contributed by atoms with Crippen LogP contribution in [0.4, 0.5) is 0 Å². The van der Waals surface area contributed by atoms with Gasteiger partial charge in [-0.25, -0.2) is 4.79 Å². The Morgan fingerprint density at radius 2 is 1.89 bits per heavy atom. The molecule has 3 unspecified atom stereocenters. The quantitative estimate of drug-likeness (QED) is 0.752. The Morgan fingerprint density at radius 3 is 2.68 bits per heavy atom. The molecule has 2 aromatic rings. The Labute approximate surface area is 163 Å². The number of rotatable bonds is 4. The fraction of sp³-hybridized carbons (Fsp3) is 0.304. The third-order valence-corrected chi connectivity index (χ3v) is 5.37. The van der Waals surface area contributed by atoms with Gasteiger partial charge in [-0.1, -0.05) is 36.4 Å². The van der Waals surface area contributed by atoms with Crippen molar-refractivity contribution in [1.29, 1.82) is 0 Å². The maximum Gasteiger partial charge on any atom is 0.338 e. The predicted molar refractivity (Wildman–Crippen MR) is 104 cm³/mol. The van der Waals surface area contributed by atoms with Crippen LogP contribution in [-0.2, 0) is 14.3 Å². The summed E-state index contributed by atoms with van der Waals surface area (Å²) in [6.45, 7) is 0. The lowest BCUT2D eigenvalue weighted by Crippen LogP contribution is -2.41. The van der Waals surface area contributed by atoms with Crippen LogP contribution in [0.2, 0.25) is 0 Å². The average molecular weight is 378 g/mol. The number of carbonyl (C=O) groups is 2. The molecule has 28 heavy (non-hydrogen) atoms. The van der Waals surface area contributed by atoms with Crippen LogP contribution < -0.4 is 4.74 Å². The van der Waals surface area contributed by atoms with Gasteiger partial charge in [-0.05, 0) is 36.6 Å². The summed E-state index contributed by atoms with van der Waals surface area (Å²) >= 11 is 0. The van der Waals surface area contributed by atoms with Crippen LogP contribution in [0.5, 0.6) is 5.75 Å². The maximum atomic E-state index is 12.9. The van der Waals surface area contributed by atoms with Crippen LogP contribution in [-0.4, -0.2) is 31.1 Å². The number of esters is 1. The fourth-order valence-corrected chi connectivity index (χ4v) is 3.86. The second-order valence-electron chi connectivity index (χ2n) is 7.12. The third kappa shape index (κ3) is 3.65. The first-order valence-corrected chi connectivity index (χ1v) is 9.46. The summed E-state index contributed by atoms with van der Waals surface area (Å²) in [4.78, 5) is 25.4. The summed E-state index contributed by atoms with van der Waals surface area (Å²) < 4.78 is 16.7. The van der Waals surface area contributed by atoms with Crippen molar-refractivity contribution in [3.8, 4) is 5.75 Å². The Morgan fingerprint density at radius 1 is 1.07 bits per heavy atom. The van der Waals surface area contributed by atoms with Crippen molar-refractivity contribution in [2.24, 2.45) is 5.92 Å². The summed E-state index contributed by atoms with van der Waals surface area (Å²) in [6.07, 6.45) is 2.85. The predicted octanol–water partition coefficient (Wildman–Crippen LogP) is 4.03. The molecular formula is C23H22O5. The minimum atomic E-state index is -0.384. The molecule has 1 aliphatic heterocycles. The molecular weight excluding hydrogens is 356 g/mol. The maximum absolute atomic E-state index is 12.9. The van der Waals surface area contributed by atoms with Crippen molar-refractivity contribution in [3.05, 3.63) is 72.0 Å². The topological polar surface area (TPSA) is 61.8 Å². The molecule has 144 valence electrons. The number of ketones is 1. The molecule has 0 radical (unpaired) electrons. The molecule has 0 amide bonds. The number of hydrogen-bond donors (Lipinski definition) is 0. The van der Waals surface area contributed by atoms with Crippen molar-refractivity contribution >= 4 is 17.3 Å². The second kappa shape index (κ2) is 7.89. The van der Waals surface area contributed by atoms with Gasteiger partial charge in [0.1, 0.15) is 18.0 Å². The van der Waals surface area contributed by atoms with Gasteiger partial charge in [0.15, 0.2) is 5.78 Å². The molecule has 5 heteroatoms. The lowest BCUT2D eigenvalue weighted by atomic mass is 9.78. The van der Waals surface area contributed by atoms with Crippen LogP contribution in [0.25, 0.3) is 5.57 Å². The number of hydrogen-bond acceptors (Lipinski definition) is 5. The third-order valence-electron chi connectivity index (χ3n) is 5.37. The molecule has 1 fully saturated rings. The Bertz CT molecular complexity index is 902. The minimum absolute atomic E-state index is 0.111. The number of fused-ring (bicyclic) bond motifs is 1. The van der Waals surface area contributed by atoms with E-state index in [9.17, 15) is 9.59 Å². The number of ether oxygens (including phenoxy) is 3. The molecule has 0 spiro atoms. The van der Waals surface area contributed by atoms with Crippen LogP contribution in [0.15, 0.2) is 60.9 Å². The van der Waals surface area contributed by atoms with E-state index in [1.54, 1.807) is 37.6 Å². The van der Waals surface area contributed by atoms with Gasteiger partial charge in [-0.2, -0.15) is 0 Å². The van der Waals surface area contributed by atoms with E-state index in [-0.39, 0.29) is 29.9 Å². The molecule has 4 rings (SSSR count). The lowest BCUT2D eigenvalue weighted by Gasteiger charge is -2.37. The SMILES string of the molecule is COc1cccc(C(=O)OC2CCC3C(=O)C(c4ccccc4)=COC3C2)c1. The van der Waals surface area contributed by atoms with Gasteiger partial charge in [0, 0.05) is 6.42 Å². The van der Waals surface area contributed by atoms with E-state index in [4.69, 9.17) is 14.2 Å². The zero-order valence-corrected chi connectivity index (χ0v) is 15.7. The molecule has 5 nitrogen and oxygen atoms in total. The van der Waals surface area contributed by atoms with Crippen molar-refractivity contribution in [2.75, 3.05) is 7.11 Å². The number of methoxy groups -OCH3 is 1. The molecule has 1 saturated carbocycles. The van der Waals surface area contributed by atoms with Gasteiger partial charge in [-0.3, -0.25) is 4.79 Å². The van der Waals surface area contributed by atoms with Gasteiger partial charge in [0.2, 0.25) is 0 Å². The van der Waals surface area contributed by atoms with Gasteiger partial charge < -0.3 is 14.2 Å². The van der Waals surface area contributed by atoms with Crippen molar-refractivity contribution in [3.63, 3.8) is 0 Å². The van der Waals surface area contributed by atoms with Gasteiger partial charge in [0.25, 0.3) is 0 Å². The van der Waals surface area contributed by atoms with Crippen LogP contribution in [0.3, 0.4) is 0 Å². The first-order chi connectivity index (χ1) is 13.7. The number of Topliss-reactive ketones (excluding diaryl/α,β-unsaturated/α-hetero) is 1. The summed E-state index contributed by atoms with van der Waals surface area (Å²) in [7, 11) is 1.56. The van der Waals surface area contributed by atoms with Crippen LogP contribution in [0, 0.1) is 5.92 Å². The van der Waals surface area contributed by atoms with E-state index >= 15 is 0 Å². The van der Waals surface area contributed by atoms with Crippen molar-refractivity contribution in [2.45, 2.75) is 31.5 Å². The molecule has 0 saturated heterocycles. The van der Waals surface area contributed by atoms with Crippen LogP contribution >= 0.6 is 0 Å². The van der Waals surface area contributed by atoms with E-state index in [1.165, 1.54) is 0 Å². The van der Waals surface area contributed by atoms with Crippen LogP contribution in [0.1, 0.15) is 35.2 Å². The van der Waals surface area contributed by atoms with E-state index in [0.717, 1.165) is 5.56 Å². The van der Waals surface area contributed by atoms with Gasteiger partial charge in [-0.15, -0.1) is 0 Å². The zero-order valence-electron chi connectivity index (χ0n) is 15.7. The monoisotopic (exact) mass is 378 g/mol. The zero-order chi connectivity index (χ0) is 19.5. The minimum Gasteiger partial charge on any atom is -0.497 e. The van der Waals surface area contributed by atoms with E-state index in [2.05, 4.69) is 0 Å². The molecule has 1 heterocycles. The smallest absolute Gasteiger partial charge is 0.338 e. The first kappa shape index (κ1) is 18.3. The average Bonchev–Trinajstić information content (AvgIpc) is 2.74. The molecule has 1 aliphatic carbocycles. The van der Waals surface area contributed by atoms with Gasteiger partial charge in [0.05, 0.1) is 30.4 Å². The fourth-order valence-electron chi connectivity index (χ4n) is 3.86. The number of carbonyl (C=O) groups excluding carboxylic acids is 2. The molecule has 0 N–H and O–H groups in total. The second-order valence-corrected chi connectivity index (χ2v) is 7.12. The number of allylic oxidation sites excluding steroid dienone is 1. The molecule has 2 aromatic carbocycles. The molecule has 0 aromatic heterocycles. The summed E-state index contributed by atoms with van der Waals surface area (Å²) in [5.41, 5.74) is 1.94. The highest BCUT2D eigenvalue weighted by Gasteiger charge is 2.41. The lowest BCUT2D eigenvalue weighted by molar-refractivity contribution is -0.126. The Hall–Kier alpha value is -3.08. The normalized spacial score (nSPS) is 23.8. The largest absolute Gasteiger partial charge is 0.497 e. The van der Waals surface area contributed by atoms with E-state index in [1.807, 2.05) is 30.3 Å². The van der Waals surface area contributed by atoms with Gasteiger partial charge >= 0.3 is 5.97 Å². The summed E-state index contributed by atoms with van der Waals surface area (Å²) in [6, 6.07) is 16.4. The van der Waals surface area contributed by atoms with E-state index in [0.29, 0.717) is 36.1 Å². The molecule has 3 atom stereocenters. The van der Waals surface area contributed by atoms with Crippen molar-refractivity contribution in [1.82, 2.24) is 0 Å². The Kier molecular flexibility index (Phi) is 5.15. The molecule has 2 aliphatic rings. The molecule has 0 bridgehead atoms. The Balaban J connectivity index is 1.42. The highest BCUT2D eigenvalue weighted by molar-refractivity contribution is 6.22. The highest BCUT2D eigenvalue weighted by atomic mass is 16.5. The first-order valence-electron chi connectivity index (χ1n) is 9.46. The summed E-state index contributed by atoms with van der Waals surface area (Å²) in [5.74, 6) is 0.148. The van der Waals surface area contributed by atoms with E-state index < -0.39 is 0 Å². The summed E-state index contributed by atoms with van der Waals surface area (Å²) in [5, 5.41) is 0. The highest BCUT2D eigenvalue weighted by Crippen LogP contribution is 2.37. The standard InChI is InChI=1S/C23H22O5/c1-26-17-9-5-8-16(12-17)23(25)28-18-10-11-19-21(13-18)27-14-20(22(19)24)15-6-3-2-4-7-15/h2-9,12,14,18-19,21H,10-11,13H2,1H3.